The summed E-state index contributed by atoms with van der Waals surface area (Å²) in [5.41, 5.74) is 17.8. The highest BCUT2D eigenvalue weighted by Crippen LogP contribution is 2.40. The highest BCUT2D eigenvalue weighted by Gasteiger charge is 2.15. The second-order valence-corrected chi connectivity index (χ2v) is 13.8. The molecular formula is C54H39N. The van der Waals surface area contributed by atoms with Crippen LogP contribution in [0.15, 0.2) is 237 Å². The highest BCUT2D eigenvalue weighted by molar-refractivity contribution is 5.88. The summed E-state index contributed by atoms with van der Waals surface area (Å²) < 4.78 is 0. The third-order valence-electron chi connectivity index (χ3n) is 10.3. The fourth-order valence-corrected chi connectivity index (χ4v) is 7.47. The van der Waals surface area contributed by atoms with Crippen molar-refractivity contribution in [3.63, 3.8) is 0 Å². The predicted octanol–water partition coefficient (Wildman–Crippen LogP) is 15.2. The van der Waals surface area contributed by atoms with Crippen LogP contribution in [0.1, 0.15) is 0 Å². The Morgan fingerprint density at radius 2 is 0.491 bits per heavy atom. The first kappa shape index (κ1) is 33.6. The number of para-hydroxylation sites is 1. The highest BCUT2D eigenvalue weighted by atomic mass is 15.1. The van der Waals surface area contributed by atoms with Crippen LogP contribution in [0.2, 0.25) is 0 Å². The Morgan fingerprint density at radius 3 is 0.927 bits per heavy atom. The third kappa shape index (κ3) is 7.25. The van der Waals surface area contributed by atoms with Crippen molar-refractivity contribution in [2.75, 3.05) is 4.90 Å². The first-order valence-corrected chi connectivity index (χ1v) is 18.8. The molecule has 0 saturated heterocycles. The van der Waals surface area contributed by atoms with E-state index >= 15 is 0 Å². The number of hydrogen-bond acceptors (Lipinski definition) is 1. The molecule has 1 nitrogen and oxygen atoms in total. The van der Waals surface area contributed by atoms with E-state index in [4.69, 9.17) is 0 Å². The molecule has 0 unspecified atom stereocenters. The van der Waals surface area contributed by atoms with Crippen molar-refractivity contribution in [2.24, 2.45) is 0 Å². The lowest BCUT2D eigenvalue weighted by Crippen LogP contribution is -2.09. The van der Waals surface area contributed by atoms with Gasteiger partial charge in [-0.1, -0.05) is 176 Å². The molecule has 0 atom stereocenters. The van der Waals surface area contributed by atoms with Crippen LogP contribution < -0.4 is 4.90 Å². The Hall–Kier alpha value is -7.22. The van der Waals surface area contributed by atoms with Crippen LogP contribution in [-0.2, 0) is 0 Å². The standard InChI is InChI=1S/C54H39N/c1-6-16-40(17-7-1)47-36-48(41-18-8-2-9-19-41)38-49(37-47)43-28-33-52(34-29-43)55(50-24-14-5-15-25-50)51-31-26-42(27-32-51)46-30-35-53(44-20-10-3-11-21-44)54(39-46)45-22-12-4-13-23-45/h1-39H. The van der Waals surface area contributed by atoms with Gasteiger partial charge in [0.05, 0.1) is 0 Å². The molecule has 0 heterocycles. The maximum absolute atomic E-state index is 2.33. The van der Waals surface area contributed by atoms with E-state index in [0.29, 0.717) is 0 Å². The van der Waals surface area contributed by atoms with Crippen molar-refractivity contribution in [3.05, 3.63) is 237 Å². The number of rotatable bonds is 9. The number of hydrogen-bond donors (Lipinski definition) is 0. The van der Waals surface area contributed by atoms with E-state index in [0.717, 1.165) is 17.1 Å². The first-order chi connectivity index (χ1) is 27.3. The summed E-state index contributed by atoms with van der Waals surface area (Å²) in [5, 5.41) is 0. The zero-order chi connectivity index (χ0) is 36.8. The van der Waals surface area contributed by atoms with Gasteiger partial charge in [0.1, 0.15) is 0 Å². The topological polar surface area (TPSA) is 3.24 Å². The van der Waals surface area contributed by atoms with Crippen LogP contribution in [0.3, 0.4) is 0 Å². The Labute approximate surface area is 324 Å². The van der Waals surface area contributed by atoms with E-state index in [2.05, 4.69) is 241 Å². The minimum absolute atomic E-state index is 1.10. The second kappa shape index (κ2) is 15.4. The third-order valence-corrected chi connectivity index (χ3v) is 10.3. The van der Waals surface area contributed by atoms with E-state index in [1.807, 2.05) is 0 Å². The molecule has 1 heteroatoms. The van der Waals surface area contributed by atoms with Gasteiger partial charge in [-0.3, -0.25) is 0 Å². The van der Waals surface area contributed by atoms with Gasteiger partial charge in [0.15, 0.2) is 0 Å². The molecule has 0 N–H and O–H groups in total. The van der Waals surface area contributed by atoms with Crippen LogP contribution in [0.25, 0.3) is 66.8 Å². The molecule has 0 aliphatic heterocycles. The summed E-state index contributed by atoms with van der Waals surface area (Å²) in [6.45, 7) is 0. The SMILES string of the molecule is c1ccc(-c2cc(-c3ccccc3)cc(-c3ccc(N(c4ccccc4)c4ccc(-c5ccc(-c6ccccc6)c(-c6ccccc6)c5)cc4)cc3)c2)cc1. The first-order valence-electron chi connectivity index (χ1n) is 18.8. The molecule has 55 heavy (non-hydrogen) atoms. The van der Waals surface area contributed by atoms with Gasteiger partial charge in [-0.15, -0.1) is 0 Å². The average Bonchev–Trinajstić information content (AvgIpc) is 3.28. The van der Waals surface area contributed by atoms with Gasteiger partial charge in [0.25, 0.3) is 0 Å². The number of anilines is 3. The lowest BCUT2D eigenvalue weighted by Gasteiger charge is -2.26. The lowest BCUT2D eigenvalue weighted by atomic mass is 9.91. The Balaban J connectivity index is 1.07. The average molecular weight is 702 g/mol. The summed E-state index contributed by atoms with van der Waals surface area (Å²) in [6.07, 6.45) is 0. The fraction of sp³-hybridized carbons (Fsp3) is 0. The van der Waals surface area contributed by atoms with E-state index < -0.39 is 0 Å². The van der Waals surface area contributed by atoms with Gasteiger partial charge in [-0.2, -0.15) is 0 Å². The van der Waals surface area contributed by atoms with Crippen LogP contribution in [0, 0.1) is 0 Å². The van der Waals surface area contributed by atoms with Crippen molar-refractivity contribution in [3.8, 4) is 66.8 Å². The summed E-state index contributed by atoms with van der Waals surface area (Å²) >= 11 is 0. The van der Waals surface area contributed by atoms with E-state index in [9.17, 15) is 0 Å². The van der Waals surface area contributed by atoms with Gasteiger partial charge in [-0.25, -0.2) is 0 Å². The second-order valence-electron chi connectivity index (χ2n) is 13.8. The van der Waals surface area contributed by atoms with Crippen molar-refractivity contribution in [1.29, 1.82) is 0 Å². The molecule has 0 bridgehead atoms. The molecular weight excluding hydrogens is 663 g/mol. The molecule has 0 amide bonds. The molecule has 0 aromatic heterocycles. The number of benzene rings is 9. The minimum Gasteiger partial charge on any atom is -0.311 e. The maximum Gasteiger partial charge on any atom is 0.0462 e. The van der Waals surface area contributed by atoms with Gasteiger partial charge < -0.3 is 4.90 Å². The van der Waals surface area contributed by atoms with E-state index in [1.54, 1.807) is 0 Å². The Morgan fingerprint density at radius 1 is 0.182 bits per heavy atom. The molecule has 0 aliphatic rings. The van der Waals surface area contributed by atoms with Crippen LogP contribution in [0.4, 0.5) is 17.1 Å². The van der Waals surface area contributed by atoms with Gasteiger partial charge in [-0.05, 0) is 127 Å². The molecule has 9 aromatic carbocycles. The maximum atomic E-state index is 2.33. The van der Waals surface area contributed by atoms with Crippen molar-refractivity contribution < 1.29 is 0 Å². The lowest BCUT2D eigenvalue weighted by molar-refractivity contribution is 1.28. The quantitative estimate of drug-likeness (QED) is 0.145. The van der Waals surface area contributed by atoms with Gasteiger partial charge in [0.2, 0.25) is 0 Å². The van der Waals surface area contributed by atoms with Crippen molar-refractivity contribution in [2.45, 2.75) is 0 Å². The molecule has 9 rings (SSSR count). The molecule has 9 aromatic rings. The van der Waals surface area contributed by atoms with Gasteiger partial charge >= 0.3 is 0 Å². The van der Waals surface area contributed by atoms with Crippen LogP contribution in [0.5, 0.6) is 0 Å². The zero-order valence-corrected chi connectivity index (χ0v) is 30.5. The number of nitrogens with zero attached hydrogens (tertiary/aromatic N) is 1. The smallest absolute Gasteiger partial charge is 0.0462 e. The normalized spacial score (nSPS) is 10.9. The minimum atomic E-state index is 1.10. The van der Waals surface area contributed by atoms with Crippen LogP contribution >= 0.6 is 0 Å². The largest absolute Gasteiger partial charge is 0.311 e. The van der Waals surface area contributed by atoms with Crippen LogP contribution in [-0.4, -0.2) is 0 Å². The summed E-state index contributed by atoms with van der Waals surface area (Å²) in [7, 11) is 0. The molecule has 260 valence electrons. The zero-order valence-electron chi connectivity index (χ0n) is 30.5. The summed E-state index contributed by atoms with van der Waals surface area (Å²) in [5.74, 6) is 0. The summed E-state index contributed by atoms with van der Waals surface area (Å²) in [6, 6.07) is 84.9. The van der Waals surface area contributed by atoms with Crippen molar-refractivity contribution >= 4 is 17.1 Å². The summed E-state index contributed by atoms with van der Waals surface area (Å²) in [4.78, 5) is 2.33. The molecule has 0 aliphatic carbocycles. The van der Waals surface area contributed by atoms with E-state index in [1.165, 1.54) is 66.8 Å². The van der Waals surface area contributed by atoms with E-state index in [-0.39, 0.29) is 0 Å². The fourth-order valence-electron chi connectivity index (χ4n) is 7.47. The Kier molecular flexibility index (Phi) is 9.41. The molecule has 0 radical (unpaired) electrons. The molecule has 0 saturated carbocycles. The van der Waals surface area contributed by atoms with Crippen molar-refractivity contribution in [1.82, 2.24) is 0 Å². The Bertz CT molecular complexity index is 2580. The monoisotopic (exact) mass is 701 g/mol. The molecule has 0 fully saturated rings. The molecule has 0 spiro atoms. The predicted molar refractivity (Wildman–Crippen MR) is 234 cm³/mol. The van der Waals surface area contributed by atoms with Gasteiger partial charge in [0, 0.05) is 17.1 Å².